The van der Waals surface area contributed by atoms with Crippen LogP contribution in [0.4, 0.5) is 5.69 Å². The van der Waals surface area contributed by atoms with Crippen molar-refractivity contribution in [3.05, 3.63) is 57.6 Å². The van der Waals surface area contributed by atoms with E-state index in [1.54, 1.807) is 17.0 Å². The molecule has 0 N–H and O–H groups in total. The van der Waals surface area contributed by atoms with Crippen LogP contribution in [0.25, 0.3) is 0 Å². The maximum Gasteiger partial charge on any atom is 0.292 e. The van der Waals surface area contributed by atoms with Crippen LogP contribution in [-0.2, 0) is 20.1 Å². The highest BCUT2D eigenvalue weighted by Crippen LogP contribution is 2.51. The van der Waals surface area contributed by atoms with Crippen LogP contribution in [0.2, 0.25) is 10.0 Å². The molecule has 0 radical (unpaired) electrons. The summed E-state index contributed by atoms with van der Waals surface area (Å²) in [6, 6.07) is 11.2. The number of rotatable bonds is 5. The molecule has 2 aliphatic heterocycles. The Bertz CT molecular complexity index is 863. The summed E-state index contributed by atoms with van der Waals surface area (Å²) < 4.78 is 17.2. The molecule has 1 spiro atoms. The number of hydrogen-bond donors (Lipinski definition) is 0. The summed E-state index contributed by atoms with van der Waals surface area (Å²) in [5, 5.41) is 0.848. The van der Waals surface area contributed by atoms with Crippen molar-refractivity contribution in [1.29, 1.82) is 0 Å². The summed E-state index contributed by atoms with van der Waals surface area (Å²) in [6.45, 7) is 3.58. The molecule has 2 aromatic carbocycles. The summed E-state index contributed by atoms with van der Waals surface area (Å²) >= 11 is 12.8. The van der Waals surface area contributed by atoms with Crippen molar-refractivity contribution < 1.29 is 19.0 Å². The van der Waals surface area contributed by atoms with E-state index in [0.717, 1.165) is 5.75 Å². The molecular weight excluding hydrogens is 389 g/mol. The summed E-state index contributed by atoms with van der Waals surface area (Å²) in [5.74, 6) is -0.969. The molecule has 5 nitrogen and oxygen atoms in total. The molecule has 0 bridgehead atoms. The standard InChI is InChI=1S/C20H19Cl2NO4/c1-13-3-5-14(6-4-13)25-10-2-9-23-18-16(22)8-7-15(21)17(18)20(19(23)24)26-11-12-27-20/h3-8H,2,9-12H2,1H3. The SMILES string of the molecule is Cc1ccc(OCCCN2C(=O)C3(OCCO3)c3c(Cl)ccc(Cl)c32)cc1. The smallest absolute Gasteiger partial charge is 0.292 e. The molecule has 7 heteroatoms. The summed E-state index contributed by atoms with van der Waals surface area (Å²) in [4.78, 5) is 14.7. The Morgan fingerprint density at radius 3 is 2.44 bits per heavy atom. The van der Waals surface area contributed by atoms with Gasteiger partial charge in [-0.25, -0.2) is 0 Å². The predicted octanol–water partition coefficient (Wildman–Crippen LogP) is 4.32. The molecule has 0 aliphatic carbocycles. The Balaban J connectivity index is 1.51. The highest BCUT2D eigenvalue weighted by Gasteiger charge is 2.57. The number of carbonyl (C=O) groups excluding carboxylic acids is 1. The van der Waals surface area contributed by atoms with E-state index in [1.165, 1.54) is 5.56 Å². The highest BCUT2D eigenvalue weighted by molar-refractivity contribution is 6.38. The van der Waals surface area contributed by atoms with E-state index in [4.69, 9.17) is 37.4 Å². The molecule has 27 heavy (non-hydrogen) atoms. The third-order valence-corrected chi connectivity index (χ3v) is 5.33. The Morgan fingerprint density at radius 1 is 1.07 bits per heavy atom. The van der Waals surface area contributed by atoms with Gasteiger partial charge in [0.1, 0.15) is 5.75 Å². The fourth-order valence-corrected chi connectivity index (χ4v) is 3.98. The van der Waals surface area contributed by atoms with Crippen molar-refractivity contribution in [3.63, 3.8) is 0 Å². The molecule has 0 unspecified atom stereocenters. The maximum absolute atomic E-state index is 13.1. The Hall–Kier alpha value is -1.79. The lowest BCUT2D eigenvalue weighted by Gasteiger charge is -2.22. The van der Waals surface area contributed by atoms with Gasteiger partial charge < -0.3 is 19.1 Å². The van der Waals surface area contributed by atoms with E-state index < -0.39 is 5.79 Å². The van der Waals surface area contributed by atoms with Crippen LogP contribution in [0.1, 0.15) is 17.5 Å². The molecule has 0 saturated carbocycles. The predicted molar refractivity (Wildman–Crippen MR) is 104 cm³/mol. The minimum absolute atomic E-state index is 0.291. The number of halogens is 2. The molecule has 2 heterocycles. The van der Waals surface area contributed by atoms with E-state index in [0.29, 0.717) is 54.1 Å². The normalized spacial score (nSPS) is 17.6. The summed E-state index contributed by atoms with van der Waals surface area (Å²) in [5.41, 5.74) is 2.24. The summed E-state index contributed by atoms with van der Waals surface area (Å²) in [6.07, 6.45) is 0.623. The van der Waals surface area contributed by atoms with Gasteiger partial charge in [0.25, 0.3) is 11.7 Å². The minimum atomic E-state index is -1.48. The van der Waals surface area contributed by atoms with Gasteiger partial charge in [-0.05, 0) is 37.6 Å². The number of nitrogens with zero attached hydrogens (tertiary/aromatic N) is 1. The van der Waals surface area contributed by atoms with Gasteiger partial charge in [0.05, 0.1) is 41.1 Å². The van der Waals surface area contributed by atoms with E-state index in [9.17, 15) is 4.79 Å². The first-order chi connectivity index (χ1) is 13.0. The number of ether oxygens (including phenoxy) is 3. The topological polar surface area (TPSA) is 48.0 Å². The first kappa shape index (κ1) is 18.6. The van der Waals surface area contributed by atoms with Gasteiger partial charge in [0, 0.05) is 6.54 Å². The minimum Gasteiger partial charge on any atom is -0.494 e. The maximum atomic E-state index is 13.1. The second kappa shape index (κ2) is 7.32. The van der Waals surface area contributed by atoms with Crippen LogP contribution in [-0.4, -0.2) is 32.3 Å². The van der Waals surface area contributed by atoms with Gasteiger partial charge in [0.2, 0.25) is 0 Å². The second-order valence-electron chi connectivity index (χ2n) is 6.54. The lowest BCUT2D eigenvalue weighted by Crippen LogP contribution is -2.42. The molecule has 1 saturated heterocycles. The van der Waals surface area contributed by atoms with Gasteiger partial charge in [-0.2, -0.15) is 0 Å². The molecular formula is C20H19Cl2NO4. The Morgan fingerprint density at radius 2 is 1.74 bits per heavy atom. The lowest BCUT2D eigenvalue weighted by atomic mass is 10.1. The third kappa shape index (κ3) is 3.19. The number of benzene rings is 2. The molecule has 2 aromatic rings. The Kier molecular flexibility index (Phi) is 5.03. The van der Waals surface area contributed by atoms with Crippen molar-refractivity contribution in [2.45, 2.75) is 19.1 Å². The summed E-state index contributed by atoms with van der Waals surface area (Å²) in [7, 11) is 0. The zero-order valence-electron chi connectivity index (χ0n) is 14.8. The third-order valence-electron chi connectivity index (χ3n) is 4.71. The monoisotopic (exact) mass is 407 g/mol. The molecule has 0 aromatic heterocycles. The highest BCUT2D eigenvalue weighted by atomic mass is 35.5. The van der Waals surface area contributed by atoms with Gasteiger partial charge >= 0.3 is 0 Å². The van der Waals surface area contributed by atoms with Crippen molar-refractivity contribution in [2.24, 2.45) is 0 Å². The quantitative estimate of drug-likeness (QED) is 0.692. The molecule has 0 atom stereocenters. The van der Waals surface area contributed by atoms with Gasteiger partial charge in [-0.3, -0.25) is 4.79 Å². The van der Waals surface area contributed by atoms with E-state index in [1.807, 2.05) is 31.2 Å². The van der Waals surface area contributed by atoms with E-state index in [2.05, 4.69) is 0 Å². The van der Waals surface area contributed by atoms with Crippen LogP contribution < -0.4 is 9.64 Å². The van der Waals surface area contributed by atoms with Crippen LogP contribution in [0.3, 0.4) is 0 Å². The number of aryl methyl sites for hydroxylation is 1. The average Bonchev–Trinajstić information content (AvgIpc) is 3.24. The number of hydrogen-bond acceptors (Lipinski definition) is 4. The van der Waals surface area contributed by atoms with Crippen LogP contribution in [0, 0.1) is 6.92 Å². The van der Waals surface area contributed by atoms with E-state index in [-0.39, 0.29) is 5.91 Å². The number of amides is 1. The first-order valence-electron chi connectivity index (χ1n) is 8.81. The average molecular weight is 408 g/mol. The largest absolute Gasteiger partial charge is 0.494 e. The van der Waals surface area contributed by atoms with Crippen LogP contribution in [0.5, 0.6) is 5.75 Å². The second-order valence-corrected chi connectivity index (χ2v) is 7.35. The molecule has 1 fully saturated rings. The zero-order chi connectivity index (χ0) is 19.0. The number of fused-ring (bicyclic) bond motifs is 2. The van der Waals surface area contributed by atoms with Gasteiger partial charge in [-0.15, -0.1) is 0 Å². The van der Waals surface area contributed by atoms with Gasteiger partial charge in [-0.1, -0.05) is 40.9 Å². The number of carbonyl (C=O) groups is 1. The fraction of sp³-hybridized carbons (Fsp3) is 0.350. The first-order valence-corrected chi connectivity index (χ1v) is 9.56. The van der Waals surface area contributed by atoms with Crippen LogP contribution in [0.15, 0.2) is 36.4 Å². The fourth-order valence-electron chi connectivity index (χ4n) is 3.45. The Labute approximate surface area is 167 Å². The van der Waals surface area contributed by atoms with Crippen molar-refractivity contribution in [3.8, 4) is 5.75 Å². The van der Waals surface area contributed by atoms with Crippen molar-refractivity contribution in [1.82, 2.24) is 0 Å². The van der Waals surface area contributed by atoms with E-state index >= 15 is 0 Å². The lowest BCUT2D eigenvalue weighted by molar-refractivity contribution is -0.180. The molecule has 1 amide bonds. The van der Waals surface area contributed by atoms with Crippen molar-refractivity contribution in [2.75, 3.05) is 31.3 Å². The zero-order valence-corrected chi connectivity index (χ0v) is 16.3. The van der Waals surface area contributed by atoms with Gasteiger partial charge in [0.15, 0.2) is 0 Å². The molecule has 142 valence electrons. The van der Waals surface area contributed by atoms with Crippen LogP contribution >= 0.6 is 23.2 Å². The van der Waals surface area contributed by atoms with Crippen molar-refractivity contribution >= 4 is 34.8 Å². The molecule has 2 aliphatic rings. The number of anilines is 1. The molecule has 4 rings (SSSR count).